The molecule has 0 spiro atoms. The van der Waals surface area contributed by atoms with E-state index in [-0.39, 0.29) is 16.5 Å². The summed E-state index contributed by atoms with van der Waals surface area (Å²) in [4.78, 5) is 28.0. The molecule has 0 unspecified atom stereocenters. The van der Waals surface area contributed by atoms with E-state index in [1.54, 1.807) is 24.3 Å². The minimum Gasteiger partial charge on any atom is -0.494 e. The second kappa shape index (κ2) is 10.7. The Morgan fingerprint density at radius 1 is 1.00 bits per heavy atom. The summed E-state index contributed by atoms with van der Waals surface area (Å²) in [5, 5.41) is 14.7. The Morgan fingerprint density at radius 2 is 1.71 bits per heavy atom. The van der Waals surface area contributed by atoms with E-state index in [2.05, 4.69) is 10.2 Å². The first-order valence-corrected chi connectivity index (χ1v) is 11.4. The number of nitro groups is 1. The Morgan fingerprint density at radius 3 is 2.35 bits per heavy atom. The maximum Gasteiger partial charge on any atom is 0.292 e. The fourth-order valence-corrected chi connectivity index (χ4v) is 4.03. The number of carbonyl (C=O) groups excluding carboxylic acids is 1. The third-order valence-electron chi connectivity index (χ3n) is 5.85. The number of hydrogen-bond donors (Lipinski definition) is 1. The second-order valence-electron chi connectivity index (χ2n) is 8.03. The highest BCUT2D eigenvalue weighted by atomic mass is 16.6. The van der Waals surface area contributed by atoms with Gasteiger partial charge in [0.25, 0.3) is 11.6 Å². The molecule has 1 heterocycles. The Kier molecular flexibility index (Phi) is 7.27. The molecule has 3 aromatic carbocycles. The number of hydrogen-bond acceptors (Lipinski definition) is 6. The van der Waals surface area contributed by atoms with Crippen LogP contribution < -0.4 is 15.0 Å². The van der Waals surface area contributed by atoms with Gasteiger partial charge < -0.3 is 19.9 Å². The summed E-state index contributed by atoms with van der Waals surface area (Å²) in [5.41, 5.74) is 3.11. The molecule has 0 bridgehead atoms. The molecule has 34 heavy (non-hydrogen) atoms. The van der Waals surface area contributed by atoms with Gasteiger partial charge in [0.2, 0.25) is 0 Å². The molecule has 0 saturated carbocycles. The molecular weight excluding hydrogens is 432 g/mol. The van der Waals surface area contributed by atoms with Crippen LogP contribution in [0.4, 0.5) is 17.1 Å². The van der Waals surface area contributed by atoms with Gasteiger partial charge in [0.1, 0.15) is 11.4 Å². The standard InChI is InChI=1S/C26H28N4O4/c1-2-34-23-11-8-21(9-12-23)26(31)29-16-14-28(15-17-29)22-10-13-25(30(32)33)24(18-22)27-19-20-6-4-3-5-7-20/h3-13,18,27H,2,14-17,19H2,1H3. The quantitative estimate of drug-likeness (QED) is 0.391. The molecule has 3 aromatic rings. The predicted octanol–water partition coefficient (Wildman–Crippen LogP) is 4.57. The van der Waals surface area contributed by atoms with E-state index in [1.807, 2.05) is 60.4 Å². The van der Waals surface area contributed by atoms with Crippen molar-refractivity contribution in [1.29, 1.82) is 0 Å². The molecule has 0 atom stereocenters. The highest BCUT2D eigenvalue weighted by molar-refractivity contribution is 5.94. The molecule has 1 aliphatic rings. The van der Waals surface area contributed by atoms with E-state index in [9.17, 15) is 14.9 Å². The van der Waals surface area contributed by atoms with Crippen molar-refractivity contribution in [1.82, 2.24) is 4.90 Å². The predicted molar refractivity (Wildman–Crippen MR) is 133 cm³/mol. The lowest BCUT2D eigenvalue weighted by molar-refractivity contribution is -0.384. The van der Waals surface area contributed by atoms with Gasteiger partial charge in [-0.15, -0.1) is 0 Å². The first kappa shape index (κ1) is 23.1. The number of nitro benzene ring substituents is 1. The van der Waals surface area contributed by atoms with Crippen LogP contribution in [0.3, 0.4) is 0 Å². The number of nitrogens with one attached hydrogen (secondary N) is 1. The van der Waals surface area contributed by atoms with Gasteiger partial charge in [-0.1, -0.05) is 30.3 Å². The summed E-state index contributed by atoms with van der Waals surface area (Å²) in [6.45, 7) is 5.46. The number of carbonyl (C=O) groups is 1. The molecule has 8 heteroatoms. The van der Waals surface area contributed by atoms with Gasteiger partial charge in [-0.3, -0.25) is 14.9 Å². The number of ether oxygens (including phenoxy) is 1. The number of nitrogens with zero attached hydrogens (tertiary/aromatic N) is 3. The smallest absolute Gasteiger partial charge is 0.292 e. The van der Waals surface area contributed by atoms with Crippen LogP contribution in [-0.2, 0) is 6.54 Å². The molecule has 1 N–H and O–H groups in total. The largest absolute Gasteiger partial charge is 0.494 e. The van der Waals surface area contributed by atoms with E-state index in [0.717, 1.165) is 17.0 Å². The van der Waals surface area contributed by atoms with Crippen LogP contribution in [-0.4, -0.2) is 48.5 Å². The molecule has 1 saturated heterocycles. The number of piperazine rings is 1. The monoisotopic (exact) mass is 460 g/mol. The maximum absolute atomic E-state index is 12.9. The van der Waals surface area contributed by atoms with Gasteiger partial charge in [0, 0.05) is 50.0 Å². The maximum atomic E-state index is 12.9. The molecule has 8 nitrogen and oxygen atoms in total. The molecular formula is C26H28N4O4. The van der Waals surface area contributed by atoms with E-state index in [0.29, 0.717) is 50.6 Å². The molecule has 1 fully saturated rings. The Balaban J connectivity index is 1.41. The summed E-state index contributed by atoms with van der Waals surface area (Å²) in [7, 11) is 0. The van der Waals surface area contributed by atoms with Crippen LogP contribution in [0.1, 0.15) is 22.8 Å². The minimum absolute atomic E-state index is 0.00313. The third-order valence-corrected chi connectivity index (χ3v) is 5.85. The fraction of sp³-hybridized carbons (Fsp3) is 0.269. The lowest BCUT2D eigenvalue weighted by atomic mass is 10.1. The van der Waals surface area contributed by atoms with Crippen molar-refractivity contribution in [2.75, 3.05) is 43.0 Å². The summed E-state index contributed by atoms with van der Waals surface area (Å²) in [5.74, 6) is 0.746. The topological polar surface area (TPSA) is 88.0 Å². The first-order chi connectivity index (χ1) is 16.5. The molecule has 4 rings (SSSR count). The van der Waals surface area contributed by atoms with Gasteiger partial charge in [0.15, 0.2) is 0 Å². The SMILES string of the molecule is CCOc1ccc(C(=O)N2CCN(c3ccc([N+](=O)[O-])c(NCc4ccccc4)c3)CC2)cc1. The number of benzene rings is 3. The summed E-state index contributed by atoms with van der Waals surface area (Å²) >= 11 is 0. The zero-order valence-corrected chi connectivity index (χ0v) is 19.1. The average Bonchev–Trinajstić information content (AvgIpc) is 2.88. The van der Waals surface area contributed by atoms with Crippen molar-refractivity contribution in [2.24, 2.45) is 0 Å². The molecule has 176 valence electrons. The normalized spacial score (nSPS) is 13.4. The summed E-state index contributed by atoms with van der Waals surface area (Å²) in [6, 6.07) is 22.1. The van der Waals surface area contributed by atoms with Crippen molar-refractivity contribution in [2.45, 2.75) is 13.5 Å². The number of amides is 1. The highest BCUT2D eigenvalue weighted by Gasteiger charge is 2.24. The molecule has 1 aliphatic heterocycles. The van der Waals surface area contributed by atoms with Crippen molar-refractivity contribution in [3.05, 3.63) is 94.0 Å². The van der Waals surface area contributed by atoms with Crippen molar-refractivity contribution in [3.8, 4) is 5.75 Å². The average molecular weight is 461 g/mol. The summed E-state index contributed by atoms with van der Waals surface area (Å²) in [6.07, 6.45) is 0. The number of anilines is 2. The Hall–Kier alpha value is -4.07. The Bertz CT molecular complexity index is 1130. The van der Waals surface area contributed by atoms with Crippen molar-refractivity contribution in [3.63, 3.8) is 0 Å². The van der Waals surface area contributed by atoms with E-state index < -0.39 is 0 Å². The molecule has 0 aromatic heterocycles. The Labute approximate surface area is 198 Å². The number of rotatable bonds is 8. The first-order valence-electron chi connectivity index (χ1n) is 11.4. The lowest BCUT2D eigenvalue weighted by Crippen LogP contribution is -2.48. The molecule has 0 radical (unpaired) electrons. The zero-order valence-electron chi connectivity index (χ0n) is 19.1. The van der Waals surface area contributed by atoms with Crippen LogP contribution in [0.15, 0.2) is 72.8 Å². The highest BCUT2D eigenvalue weighted by Crippen LogP contribution is 2.30. The van der Waals surface area contributed by atoms with E-state index in [4.69, 9.17) is 4.74 Å². The van der Waals surface area contributed by atoms with E-state index in [1.165, 1.54) is 0 Å². The van der Waals surface area contributed by atoms with Gasteiger partial charge in [0.05, 0.1) is 11.5 Å². The fourth-order valence-electron chi connectivity index (χ4n) is 4.03. The van der Waals surface area contributed by atoms with Crippen molar-refractivity contribution < 1.29 is 14.5 Å². The van der Waals surface area contributed by atoms with E-state index >= 15 is 0 Å². The van der Waals surface area contributed by atoms with Gasteiger partial charge in [-0.05, 0) is 48.9 Å². The lowest BCUT2D eigenvalue weighted by Gasteiger charge is -2.36. The van der Waals surface area contributed by atoms with Gasteiger partial charge in [-0.2, -0.15) is 0 Å². The van der Waals surface area contributed by atoms with Crippen LogP contribution in [0.25, 0.3) is 0 Å². The van der Waals surface area contributed by atoms with Crippen LogP contribution >= 0.6 is 0 Å². The third kappa shape index (κ3) is 5.46. The molecule has 1 amide bonds. The summed E-state index contributed by atoms with van der Waals surface area (Å²) < 4.78 is 5.45. The van der Waals surface area contributed by atoms with Crippen LogP contribution in [0.2, 0.25) is 0 Å². The molecule has 0 aliphatic carbocycles. The van der Waals surface area contributed by atoms with Crippen LogP contribution in [0, 0.1) is 10.1 Å². The van der Waals surface area contributed by atoms with Crippen LogP contribution in [0.5, 0.6) is 5.75 Å². The zero-order chi connectivity index (χ0) is 23.9. The van der Waals surface area contributed by atoms with Gasteiger partial charge >= 0.3 is 0 Å². The minimum atomic E-state index is -0.371. The second-order valence-corrected chi connectivity index (χ2v) is 8.03. The van der Waals surface area contributed by atoms with Crippen molar-refractivity contribution >= 4 is 23.0 Å². The van der Waals surface area contributed by atoms with Gasteiger partial charge in [-0.25, -0.2) is 0 Å².